The highest BCUT2D eigenvalue weighted by atomic mass is 16.6. The minimum absolute atomic E-state index is 0.203. The summed E-state index contributed by atoms with van der Waals surface area (Å²) >= 11 is 0. The van der Waals surface area contributed by atoms with Crippen molar-refractivity contribution in [2.24, 2.45) is 0 Å². The number of carboxylic acid groups (broad SMARTS) is 1. The van der Waals surface area contributed by atoms with Crippen LogP contribution in [0.2, 0.25) is 6.32 Å². The van der Waals surface area contributed by atoms with Crippen molar-refractivity contribution in [3.8, 4) is 5.75 Å². The Morgan fingerprint density at radius 2 is 2.40 bits per heavy atom. The van der Waals surface area contributed by atoms with Gasteiger partial charge in [0.2, 0.25) is 0 Å². The summed E-state index contributed by atoms with van der Waals surface area (Å²) in [6, 6.07) is 5.16. The fraction of sp³-hybridized carbons (Fsp3) is 0.300. The Morgan fingerprint density at radius 1 is 1.60 bits per heavy atom. The molecule has 0 saturated heterocycles. The molecule has 5 heteroatoms. The van der Waals surface area contributed by atoms with Gasteiger partial charge in [0.15, 0.2) is 0 Å². The summed E-state index contributed by atoms with van der Waals surface area (Å²) in [5.41, 5.74) is 1.14. The van der Waals surface area contributed by atoms with E-state index in [0.29, 0.717) is 5.75 Å². The van der Waals surface area contributed by atoms with Crippen molar-refractivity contribution < 1.29 is 19.2 Å². The molecule has 1 aliphatic heterocycles. The Balaban J connectivity index is 2.40. The van der Waals surface area contributed by atoms with Crippen LogP contribution < -0.4 is 4.65 Å². The summed E-state index contributed by atoms with van der Waals surface area (Å²) < 4.78 is 10.5. The van der Waals surface area contributed by atoms with Crippen molar-refractivity contribution in [3.05, 3.63) is 29.3 Å². The molecule has 1 N–H and O–H groups in total. The molecular weight excluding hydrogens is 195 g/mol. The summed E-state index contributed by atoms with van der Waals surface area (Å²) in [6.45, 7) is 0. The molecule has 1 aromatic carbocycles. The van der Waals surface area contributed by atoms with E-state index in [4.69, 9.17) is 14.4 Å². The van der Waals surface area contributed by atoms with Crippen LogP contribution in [0, 0.1) is 0 Å². The van der Waals surface area contributed by atoms with Gasteiger partial charge in [0.1, 0.15) is 5.75 Å². The Kier molecular flexibility index (Phi) is 2.64. The quantitative estimate of drug-likeness (QED) is 0.744. The lowest BCUT2D eigenvalue weighted by atomic mass is 9.78. The molecule has 0 bridgehead atoms. The number of fused-ring (bicyclic) bond motifs is 1. The molecule has 0 unspecified atom stereocenters. The highest BCUT2D eigenvalue weighted by molar-refractivity contribution is 6.45. The second kappa shape index (κ2) is 3.94. The van der Waals surface area contributed by atoms with E-state index >= 15 is 0 Å². The van der Waals surface area contributed by atoms with Gasteiger partial charge in [-0.25, -0.2) is 4.79 Å². The van der Waals surface area contributed by atoms with Crippen LogP contribution in [0.15, 0.2) is 18.2 Å². The summed E-state index contributed by atoms with van der Waals surface area (Å²) in [5.74, 6) is -0.522. The number of aryl methyl sites for hydroxylation is 1. The SMILES string of the molecule is COB1CCc2cccc(C(=O)O)c2O1. The minimum atomic E-state index is -0.969. The van der Waals surface area contributed by atoms with E-state index < -0.39 is 5.97 Å². The summed E-state index contributed by atoms with van der Waals surface area (Å²) in [5, 5.41) is 8.98. The van der Waals surface area contributed by atoms with Crippen molar-refractivity contribution in [2.45, 2.75) is 12.7 Å². The topological polar surface area (TPSA) is 55.8 Å². The number of carboxylic acids is 1. The Labute approximate surface area is 88.0 Å². The number of aromatic carboxylic acids is 1. The van der Waals surface area contributed by atoms with Gasteiger partial charge < -0.3 is 14.4 Å². The Bertz CT molecular complexity index is 391. The first-order chi connectivity index (χ1) is 7.22. The second-order valence-electron chi connectivity index (χ2n) is 3.42. The molecular formula is C10H11BO4. The average Bonchev–Trinajstić information content (AvgIpc) is 2.27. The predicted molar refractivity (Wildman–Crippen MR) is 55.3 cm³/mol. The van der Waals surface area contributed by atoms with Crippen LogP contribution in [0.3, 0.4) is 0 Å². The molecule has 0 spiro atoms. The van der Waals surface area contributed by atoms with Gasteiger partial charge in [-0.3, -0.25) is 0 Å². The second-order valence-corrected chi connectivity index (χ2v) is 3.42. The Morgan fingerprint density at radius 3 is 3.07 bits per heavy atom. The summed E-state index contributed by atoms with van der Waals surface area (Å²) in [7, 11) is 1.22. The van der Waals surface area contributed by atoms with Crippen molar-refractivity contribution in [1.29, 1.82) is 0 Å². The highest BCUT2D eigenvalue weighted by Crippen LogP contribution is 2.30. The lowest BCUT2D eigenvalue weighted by molar-refractivity contribution is 0.0694. The molecule has 1 heterocycles. The molecule has 1 aliphatic rings. The van der Waals surface area contributed by atoms with Gasteiger partial charge in [0.05, 0.1) is 5.56 Å². The normalized spacial score (nSPS) is 14.3. The number of rotatable bonds is 2. The van der Waals surface area contributed by atoms with Crippen molar-refractivity contribution in [1.82, 2.24) is 0 Å². The first-order valence-corrected chi connectivity index (χ1v) is 4.77. The molecule has 0 atom stereocenters. The average molecular weight is 206 g/mol. The van der Waals surface area contributed by atoms with E-state index in [0.717, 1.165) is 18.3 Å². The lowest BCUT2D eigenvalue weighted by Gasteiger charge is -2.23. The molecule has 0 amide bonds. The van der Waals surface area contributed by atoms with Crippen LogP contribution in [-0.4, -0.2) is 25.3 Å². The molecule has 0 aromatic heterocycles. The first-order valence-electron chi connectivity index (χ1n) is 4.77. The van der Waals surface area contributed by atoms with Crippen LogP contribution in [0.4, 0.5) is 0 Å². The van der Waals surface area contributed by atoms with Crippen LogP contribution in [0.5, 0.6) is 5.75 Å². The van der Waals surface area contributed by atoms with Gasteiger partial charge >= 0.3 is 13.1 Å². The molecule has 0 saturated carbocycles. The number of benzene rings is 1. The molecule has 2 rings (SSSR count). The highest BCUT2D eigenvalue weighted by Gasteiger charge is 2.28. The van der Waals surface area contributed by atoms with Crippen molar-refractivity contribution >= 4 is 13.1 Å². The van der Waals surface area contributed by atoms with Crippen LogP contribution in [-0.2, 0) is 11.1 Å². The predicted octanol–water partition coefficient (Wildman–Crippen LogP) is 1.45. The largest absolute Gasteiger partial charge is 0.535 e. The molecule has 0 radical (unpaired) electrons. The van der Waals surface area contributed by atoms with E-state index in [1.807, 2.05) is 6.07 Å². The Hall–Kier alpha value is -1.49. The van der Waals surface area contributed by atoms with E-state index in [-0.39, 0.29) is 12.7 Å². The number of carbonyl (C=O) groups is 1. The van der Waals surface area contributed by atoms with Gasteiger partial charge in [-0.2, -0.15) is 0 Å². The molecule has 15 heavy (non-hydrogen) atoms. The van der Waals surface area contributed by atoms with Crippen molar-refractivity contribution in [3.63, 3.8) is 0 Å². The van der Waals surface area contributed by atoms with Gasteiger partial charge in [0.25, 0.3) is 0 Å². The zero-order chi connectivity index (χ0) is 10.8. The maximum Gasteiger partial charge on any atom is 0.525 e. The third-order valence-electron chi connectivity index (χ3n) is 2.49. The third kappa shape index (κ3) is 1.83. The van der Waals surface area contributed by atoms with Crippen LogP contribution in [0.25, 0.3) is 0 Å². The van der Waals surface area contributed by atoms with Gasteiger partial charge in [-0.15, -0.1) is 0 Å². The van der Waals surface area contributed by atoms with E-state index in [1.54, 1.807) is 19.2 Å². The third-order valence-corrected chi connectivity index (χ3v) is 2.49. The van der Waals surface area contributed by atoms with Crippen LogP contribution in [0.1, 0.15) is 15.9 Å². The summed E-state index contributed by atoms with van der Waals surface area (Å²) in [6.07, 6.45) is 1.54. The van der Waals surface area contributed by atoms with E-state index in [2.05, 4.69) is 0 Å². The minimum Gasteiger partial charge on any atom is -0.535 e. The summed E-state index contributed by atoms with van der Waals surface area (Å²) in [4.78, 5) is 10.9. The zero-order valence-corrected chi connectivity index (χ0v) is 8.40. The first kappa shape index (κ1) is 10.0. The van der Waals surface area contributed by atoms with Gasteiger partial charge in [0, 0.05) is 7.11 Å². The molecule has 1 aromatic rings. The van der Waals surface area contributed by atoms with Crippen LogP contribution >= 0.6 is 0 Å². The molecule has 0 fully saturated rings. The monoisotopic (exact) mass is 206 g/mol. The fourth-order valence-corrected chi connectivity index (χ4v) is 1.72. The van der Waals surface area contributed by atoms with Gasteiger partial charge in [-0.1, -0.05) is 12.1 Å². The maximum atomic E-state index is 10.9. The van der Waals surface area contributed by atoms with E-state index in [9.17, 15) is 4.79 Å². The zero-order valence-electron chi connectivity index (χ0n) is 8.40. The van der Waals surface area contributed by atoms with E-state index in [1.165, 1.54) is 0 Å². The molecule has 78 valence electrons. The maximum absolute atomic E-state index is 10.9. The van der Waals surface area contributed by atoms with Crippen molar-refractivity contribution in [2.75, 3.05) is 7.11 Å². The smallest absolute Gasteiger partial charge is 0.525 e. The fourth-order valence-electron chi connectivity index (χ4n) is 1.72. The lowest BCUT2D eigenvalue weighted by Crippen LogP contribution is -2.30. The number of hydrogen-bond acceptors (Lipinski definition) is 3. The number of hydrogen-bond donors (Lipinski definition) is 1. The van der Waals surface area contributed by atoms with Gasteiger partial charge in [-0.05, 0) is 24.4 Å². The number of para-hydroxylation sites is 1. The standard InChI is InChI=1S/C10H11BO4/c1-14-11-6-5-7-3-2-4-8(10(12)13)9(7)15-11/h2-4H,5-6H2,1H3,(H,12,13). The molecule has 4 nitrogen and oxygen atoms in total. The molecule has 0 aliphatic carbocycles.